The fourth-order valence-electron chi connectivity index (χ4n) is 4.76. The zero-order valence-corrected chi connectivity index (χ0v) is 22.3. The van der Waals surface area contributed by atoms with Gasteiger partial charge in [-0.05, 0) is 107 Å². The SMILES string of the molecule is CN1CCC(C[C@H](NC(=O)c2ccc(F)cc2)C(=O)Nc2ccc(S(=O)(=O)NC3CCOCC3)cc2)CC1. The van der Waals surface area contributed by atoms with E-state index in [1.807, 2.05) is 0 Å². The molecule has 9 nitrogen and oxygen atoms in total. The molecule has 2 saturated heterocycles. The average molecular weight is 547 g/mol. The van der Waals surface area contributed by atoms with Crippen molar-refractivity contribution < 1.29 is 27.1 Å². The predicted molar refractivity (Wildman–Crippen MR) is 142 cm³/mol. The van der Waals surface area contributed by atoms with Crippen LogP contribution in [0.5, 0.6) is 0 Å². The normalized spacial score (nSPS) is 18.6. The number of nitrogens with zero attached hydrogens (tertiary/aromatic N) is 1. The Morgan fingerprint density at radius 1 is 1.00 bits per heavy atom. The molecule has 0 spiro atoms. The lowest BCUT2D eigenvalue weighted by atomic mass is 9.90. The highest BCUT2D eigenvalue weighted by Gasteiger charge is 2.28. The first-order valence-electron chi connectivity index (χ1n) is 13.0. The maximum atomic E-state index is 13.3. The lowest BCUT2D eigenvalue weighted by molar-refractivity contribution is -0.118. The number of sulfonamides is 1. The van der Waals surface area contributed by atoms with Crippen molar-refractivity contribution in [1.82, 2.24) is 14.9 Å². The molecule has 0 aromatic heterocycles. The number of benzene rings is 2. The van der Waals surface area contributed by atoms with E-state index < -0.39 is 33.7 Å². The molecule has 4 rings (SSSR count). The molecule has 2 amide bonds. The minimum Gasteiger partial charge on any atom is -0.381 e. The molecule has 2 aromatic carbocycles. The summed E-state index contributed by atoms with van der Waals surface area (Å²) in [6.07, 6.45) is 3.54. The van der Waals surface area contributed by atoms with Crippen LogP contribution < -0.4 is 15.4 Å². The number of amides is 2. The van der Waals surface area contributed by atoms with Gasteiger partial charge in [0.25, 0.3) is 5.91 Å². The summed E-state index contributed by atoms with van der Waals surface area (Å²) in [4.78, 5) is 28.4. The van der Waals surface area contributed by atoms with Gasteiger partial charge in [-0.25, -0.2) is 17.5 Å². The zero-order valence-electron chi connectivity index (χ0n) is 21.5. The Kier molecular flexibility index (Phi) is 9.48. The van der Waals surface area contributed by atoms with E-state index >= 15 is 0 Å². The number of carbonyl (C=O) groups excluding carboxylic acids is 2. The quantitative estimate of drug-likeness (QED) is 0.445. The monoisotopic (exact) mass is 546 g/mol. The summed E-state index contributed by atoms with van der Waals surface area (Å²) in [5, 5.41) is 5.62. The van der Waals surface area contributed by atoms with Crippen molar-refractivity contribution in [2.45, 2.75) is 49.1 Å². The molecule has 2 fully saturated rings. The Balaban J connectivity index is 1.42. The van der Waals surface area contributed by atoms with Crippen LogP contribution in [0, 0.1) is 11.7 Å². The molecule has 1 atom stereocenters. The summed E-state index contributed by atoms with van der Waals surface area (Å²) < 4.78 is 46.8. The third kappa shape index (κ3) is 7.83. The van der Waals surface area contributed by atoms with Gasteiger partial charge in [0.05, 0.1) is 4.90 Å². The third-order valence-corrected chi connectivity index (χ3v) is 8.65. The first-order chi connectivity index (χ1) is 18.2. The maximum absolute atomic E-state index is 13.3. The van der Waals surface area contributed by atoms with Crippen LogP contribution in [0.15, 0.2) is 53.4 Å². The minimum atomic E-state index is -3.70. The number of hydrogen-bond acceptors (Lipinski definition) is 6. The number of likely N-dealkylation sites (tertiary alicyclic amines) is 1. The molecule has 3 N–H and O–H groups in total. The van der Waals surface area contributed by atoms with Crippen molar-refractivity contribution in [1.29, 1.82) is 0 Å². The van der Waals surface area contributed by atoms with E-state index in [0.717, 1.165) is 25.9 Å². The number of halogens is 1. The fraction of sp³-hybridized carbons (Fsp3) is 0.481. The summed E-state index contributed by atoms with van der Waals surface area (Å²) in [5.41, 5.74) is 0.684. The maximum Gasteiger partial charge on any atom is 0.251 e. The number of anilines is 1. The molecule has 0 bridgehead atoms. The molecule has 0 radical (unpaired) electrons. The highest BCUT2D eigenvalue weighted by Crippen LogP contribution is 2.23. The van der Waals surface area contributed by atoms with E-state index in [2.05, 4.69) is 27.3 Å². The second kappa shape index (κ2) is 12.8. The van der Waals surface area contributed by atoms with Gasteiger partial charge in [-0.15, -0.1) is 0 Å². The molecule has 0 saturated carbocycles. The molecule has 0 unspecified atom stereocenters. The van der Waals surface area contributed by atoms with Crippen molar-refractivity contribution in [2.24, 2.45) is 5.92 Å². The summed E-state index contributed by atoms with van der Waals surface area (Å²) in [7, 11) is -1.65. The van der Waals surface area contributed by atoms with Gasteiger partial charge in [0.1, 0.15) is 11.9 Å². The lowest BCUT2D eigenvalue weighted by Crippen LogP contribution is -2.46. The number of nitrogens with one attached hydrogen (secondary N) is 3. The third-order valence-electron chi connectivity index (χ3n) is 7.11. The average Bonchev–Trinajstić information content (AvgIpc) is 2.90. The number of rotatable bonds is 9. The van der Waals surface area contributed by atoms with Crippen LogP contribution in [0.1, 0.15) is 42.5 Å². The molecule has 2 aromatic rings. The van der Waals surface area contributed by atoms with Crippen molar-refractivity contribution in [3.63, 3.8) is 0 Å². The first kappa shape index (κ1) is 28.2. The summed E-state index contributed by atoms with van der Waals surface area (Å²) in [6, 6.07) is 10.1. The van der Waals surface area contributed by atoms with Gasteiger partial charge >= 0.3 is 0 Å². The molecule has 2 aliphatic heterocycles. The Hall–Kier alpha value is -2.86. The second-order valence-electron chi connectivity index (χ2n) is 10.0. The second-order valence-corrected chi connectivity index (χ2v) is 11.8. The molecule has 0 aliphatic carbocycles. The Morgan fingerprint density at radius 2 is 1.63 bits per heavy atom. The van der Waals surface area contributed by atoms with Gasteiger partial charge in [0, 0.05) is 30.5 Å². The highest BCUT2D eigenvalue weighted by molar-refractivity contribution is 7.89. The summed E-state index contributed by atoms with van der Waals surface area (Å²) >= 11 is 0. The summed E-state index contributed by atoms with van der Waals surface area (Å²) in [5.74, 6) is -1.04. The van der Waals surface area contributed by atoms with Crippen LogP contribution in [0.2, 0.25) is 0 Å². The van der Waals surface area contributed by atoms with E-state index in [0.29, 0.717) is 38.2 Å². The molecule has 2 heterocycles. The van der Waals surface area contributed by atoms with Crippen LogP contribution in [-0.4, -0.2) is 70.6 Å². The standard InChI is InChI=1S/C27H35FN4O5S/c1-32-14-10-19(11-15-32)18-25(30-26(33)20-2-4-21(28)5-3-20)27(34)29-22-6-8-24(9-7-22)38(35,36)31-23-12-16-37-17-13-23/h2-9,19,23,25,31H,10-18H2,1H3,(H,29,34)(H,30,33)/t25-/m0/s1. The van der Waals surface area contributed by atoms with E-state index in [-0.39, 0.29) is 22.4 Å². The van der Waals surface area contributed by atoms with Gasteiger partial charge in [0.15, 0.2) is 0 Å². The van der Waals surface area contributed by atoms with Crippen LogP contribution in [0.4, 0.5) is 10.1 Å². The van der Waals surface area contributed by atoms with Crippen LogP contribution in [0.3, 0.4) is 0 Å². The topological polar surface area (TPSA) is 117 Å². The van der Waals surface area contributed by atoms with Crippen molar-refractivity contribution >= 4 is 27.5 Å². The zero-order chi connectivity index (χ0) is 27.1. The number of carbonyl (C=O) groups is 2. The number of ether oxygens (including phenoxy) is 1. The molecular formula is C27H35FN4O5S. The fourth-order valence-corrected chi connectivity index (χ4v) is 6.06. The Labute approximate surface area is 223 Å². The smallest absolute Gasteiger partial charge is 0.251 e. The van der Waals surface area contributed by atoms with Crippen molar-refractivity contribution in [2.75, 3.05) is 38.7 Å². The van der Waals surface area contributed by atoms with Gasteiger partial charge in [0.2, 0.25) is 15.9 Å². The first-order valence-corrected chi connectivity index (χ1v) is 14.4. The van der Waals surface area contributed by atoms with E-state index in [4.69, 9.17) is 4.74 Å². The van der Waals surface area contributed by atoms with Gasteiger partial charge in [-0.2, -0.15) is 0 Å². The number of hydrogen-bond donors (Lipinski definition) is 3. The van der Waals surface area contributed by atoms with Crippen molar-refractivity contribution in [3.05, 3.63) is 59.9 Å². The highest BCUT2D eigenvalue weighted by atomic mass is 32.2. The van der Waals surface area contributed by atoms with Gasteiger partial charge < -0.3 is 20.3 Å². The minimum absolute atomic E-state index is 0.106. The molecule has 38 heavy (non-hydrogen) atoms. The Morgan fingerprint density at radius 3 is 2.26 bits per heavy atom. The molecule has 206 valence electrons. The van der Waals surface area contributed by atoms with Crippen LogP contribution in [-0.2, 0) is 19.6 Å². The molecule has 2 aliphatic rings. The van der Waals surface area contributed by atoms with Crippen LogP contribution in [0.25, 0.3) is 0 Å². The molecule has 11 heteroatoms. The van der Waals surface area contributed by atoms with Gasteiger partial charge in [-0.3, -0.25) is 9.59 Å². The molecular weight excluding hydrogens is 511 g/mol. The van der Waals surface area contributed by atoms with Gasteiger partial charge in [-0.1, -0.05) is 0 Å². The van der Waals surface area contributed by atoms with E-state index in [1.165, 1.54) is 48.5 Å². The van der Waals surface area contributed by atoms with E-state index in [9.17, 15) is 22.4 Å². The lowest BCUT2D eigenvalue weighted by Gasteiger charge is -2.31. The number of piperidine rings is 1. The van der Waals surface area contributed by atoms with Crippen molar-refractivity contribution in [3.8, 4) is 0 Å². The van der Waals surface area contributed by atoms with Crippen LogP contribution >= 0.6 is 0 Å². The van der Waals surface area contributed by atoms with E-state index in [1.54, 1.807) is 0 Å². The predicted octanol–water partition coefficient (Wildman–Crippen LogP) is 2.75. The summed E-state index contributed by atoms with van der Waals surface area (Å²) in [6.45, 7) is 2.88. The Bertz CT molecular complexity index is 1190. The largest absolute Gasteiger partial charge is 0.381 e.